The van der Waals surface area contributed by atoms with Crippen molar-refractivity contribution in [2.45, 2.75) is 0 Å². The normalized spacial score (nSPS) is 11.9. The second kappa shape index (κ2) is 6.41. The third-order valence-electron chi connectivity index (χ3n) is 5.35. The summed E-state index contributed by atoms with van der Waals surface area (Å²) in [6.07, 6.45) is 6.92. The van der Waals surface area contributed by atoms with E-state index in [1.54, 1.807) is 47.5 Å². The van der Waals surface area contributed by atoms with Gasteiger partial charge in [-0.1, -0.05) is 24.3 Å². The van der Waals surface area contributed by atoms with Crippen molar-refractivity contribution < 1.29 is 4.42 Å². The lowest BCUT2D eigenvalue weighted by Crippen LogP contribution is -1.84. The number of hydrogen-bond donors (Lipinski definition) is 0. The molecule has 0 spiro atoms. The summed E-state index contributed by atoms with van der Waals surface area (Å²) in [5.41, 5.74) is 7.58. The molecule has 0 saturated carbocycles. The highest BCUT2D eigenvalue weighted by Crippen LogP contribution is 2.46. The van der Waals surface area contributed by atoms with Crippen LogP contribution in [0.15, 0.2) is 77.7 Å². The van der Waals surface area contributed by atoms with E-state index in [9.17, 15) is 0 Å². The van der Waals surface area contributed by atoms with Gasteiger partial charge in [0.05, 0.1) is 31.5 Å². The van der Waals surface area contributed by atoms with E-state index in [2.05, 4.69) is 44.2 Å². The lowest BCUT2D eigenvalue weighted by molar-refractivity contribution is 0.671. The Balaban J connectivity index is 1.42. The van der Waals surface area contributed by atoms with E-state index in [0.717, 1.165) is 63.5 Å². The summed E-state index contributed by atoms with van der Waals surface area (Å²) in [5, 5.41) is 0. The Morgan fingerprint density at radius 2 is 1.06 bits per heavy atom. The maximum Gasteiger partial charge on any atom is 0.147 e. The smallest absolute Gasteiger partial charge is 0.147 e. The number of hydrogen-bond acceptors (Lipinski definition) is 7. The predicted octanol–water partition coefficient (Wildman–Crippen LogP) is 6.93. The number of furan rings is 1. The second-order valence-electron chi connectivity index (χ2n) is 7.17. The molecule has 7 rings (SSSR count). The highest BCUT2D eigenvalue weighted by atomic mass is 32.1. The van der Waals surface area contributed by atoms with E-state index in [0.29, 0.717) is 0 Å². The Kier molecular flexibility index (Phi) is 3.52. The molecule has 2 aromatic carbocycles. The number of aromatic nitrogens is 4. The molecule has 5 aromatic heterocycles. The van der Waals surface area contributed by atoms with Crippen LogP contribution >= 0.6 is 22.7 Å². The molecule has 0 bridgehead atoms. The van der Waals surface area contributed by atoms with Crippen LogP contribution in [0.1, 0.15) is 0 Å². The molecule has 146 valence electrons. The summed E-state index contributed by atoms with van der Waals surface area (Å²) < 4.78 is 8.55. The highest BCUT2D eigenvalue weighted by molar-refractivity contribution is 7.30. The van der Waals surface area contributed by atoms with Gasteiger partial charge in [0.25, 0.3) is 0 Å². The van der Waals surface area contributed by atoms with Crippen LogP contribution in [0.3, 0.4) is 0 Å². The van der Waals surface area contributed by atoms with Crippen molar-refractivity contribution in [3.63, 3.8) is 0 Å². The predicted molar refractivity (Wildman–Crippen MR) is 127 cm³/mol. The third kappa shape index (κ3) is 2.54. The van der Waals surface area contributed by atoms with Crippen LogP contribution in [0, 0.1) is 0 Å². The van der Waals surface area contributed by atoms with Gasteiger partial charge >= 0.3 is 0 Å². The molecule has 0 atom stereocenters. The third-order valence-corrected chi connectivity index (χ3v) is 7.81. The number of thiophene rings is 2. The van der Waals surface area contributed by atoms with Crippen molar-refractivity contribution in [1.82, 2.24) is 19.9 Å². The van der Waals surface area contributed by atoms with Crippen LogP contribution in [0.4, 0.5) is 0 Å². The minimum Gasteiger partial charge on any atom is -0.454 e. The summed E-state index contributed by atoms with van der Waals surface area (Å²) in [5.74, 6) is 0. The molecule has 0 amide bonds. The monoisotopic (exact) mass is 436 g/mol. The minimum atomic E-state index is 0.894. The zero-order valence-corrected chi connectivity index (χ0v) is 17.6. The van der Waals surface area contributed by atoms with Crippen molar-refractivity contribution in [1.29, 1.82) is 0 Å². The molecule has 0 saturated heterocycles. The Morgan fingerprint density at radius 3 is 1.58 bits per heavy atom. The topological polar surface area (TPSA) is 64.7 Å². The van der Waals surface area contributed by atoms with Gasteiger partial charge in [0, 0.05) is 57.8 Å². The first-order chi connectivity index (χ1) is 15.3. The molecule has 0 unspecified atom stereocenters. The van der Waals surface area contributed by atoms with E-state index in [4.69, 9.17) is 4.42 Å². The van der Waals surface area contributed by atoms with Crippen molar-refractivity contribution in [2.24, 2.45) is 0 Å². The summed E-state index contributed by atoms with van der Waals surface area (Å²) >= 11 is 3.47. The number of para-hydroxylation sites is 2. The van der Waals surface area contributed by atoms with E-state index < -0.39 is 0 Å². The van der Waals surface area contributed by atoms with Crippen LogP contribution in [0.2, 0.25) is 0 Å². The largest absolute Gasteiger partial charge is 0.454 e. The fraction of sp³-hybridized carbons (Fsp3) is 0. The van der Waals surface area contributed by atoms with Crippen LogP contribution < -0.4 is 0 Å². The van der Waals surface area contributed by atoms with Crippen LogP contribution in [0.5, 0.6) is 0 Å². The average Bonchev–Trinajstić information content (AvgIpc) is 3.49. The lowest BCUT2D eigenvalue weighted by Gasteiger charge is -2.01. The number of fused-ring (bicyclic) bond motifs is 5. The quantitative estimate of drug-likeness (QED) is 0.294. The van der Waals surface area contributed by atoms with Gasteiger partial charge in [0.2, 0.25) is 0 Å². The van der Waals surface area contributed by atoms with Gasteiger partial charge in [-0.2, -0.15) is 0 Å². The molecule has 7 heteroatoms. The van der Waals surface area contributed by atoms with Crippen molar-refractivity contribution in [2.75, 3.05) is 0 Å². The maximum absolute atomic E-state index is 6.23. The van der Waals surface area contributed by atoms with Crippen molar-refractivity contribution in [3.8, 4) is 20.9 Å². The van der Waals surface area contributed by atoms with Gasteiger partial charge in [0.1, 0.15) is 11.2 Å². The number of nitrogens with zero attached hydrogens (tertiary/aromatic N) is 4. The summed E-state index contributed by atoms with van der Waals surface area (Å²) in [7, 11) is 0. The zero-order valence-electron chi connectivity index (χ0n) is 15.9. The van der Waals surface area contributed by atoms with Crippen LogP contribution in [0.25, 0.3) is 63.5 Å². The lowest BCUT2D eigenvalue weighted by atomic mass is 10.1. The first-order valence-corrected chi connectivity index (χ1v) is 11.3. The molecule has 0 aliphatic heterocycles. The van der Waals surface area contributed by atoms with E-state index in [1.807, 2.05) is 24.3 Å². The van der Waals surface area contributed by atoms with Gasteiger partial charge in [0.15, 0.2) is 0 Å². The van der Waals surface area contributed by atoms with Gasteiger partial charge in [-0.3, -0.25) is 19.9 Å². The first kappa shape index (κ1) is 17.0. The average molecular weight is 437 g/mol. The minimum absolute atomic E-state index is 0.894. The van der Waals surface area contributed by atoms with Crippen LogP contribution in [-0.2, 0) is 0 Å². The van der Waals surface area contributed by atoms with E-state index in [-0.39, 0.29) is 0 Å². The van der Waals surface area contributed by atoms with Gasteiger partial charge in [-0.25, -0.2) is 0 Å². The standard InChI is InChI=1S/C24H12N4OS2/c1-3-13(21-15(5-1)25-7-9-27-21)19-11-17-23(30-19)24-18(29-17)12-20(31-24)14-4-2-6-16-22(14)28-10-8-26-16/h1-12H. The van der Waals surface area contributed by atoms with Gasteiger partial charge in [-0.15, -0.1) is 22.7 Å². The Morgan fingerprint density at radius 1 is 0.581 bits per heavy atom. The molecule has 31 heavy (non-hydrogen) atoms. The molecule has 5 heterocycles. The molecule has 0 N–H and O–H groups in total. The number of benzene rings is 2. The second-order valence-corrected chi connectivity index (χ2v) is 9.27. The summed E-state index contributed by atoms with van der Waals surface area (Å²) in [6, 6.07) is 16.4. The Labute approximate surface area is 183 Å². The first-order valence-electron chi connectivity index (χ1n) is 9.71. The van der Waals surface area contributed by atoms with Gasteiger partial charge in [-0.05, 0) is 12.1 Å². The van der Waals surface area contributed by atoms with E-state index in [1.165, 1.54) is 0 Å². The Hall–Kier alpha value is -3.68. The molecule has 0 aliphatic rings. The summed E-state index contributed by atoms with van der Waals surface area (Å²) in [4.78, 5) is 20.2. The molecular formula is C24H12N4OS2. The zero-order chi connectivity index (χ0) is 20.4. The molecule has 0 fully saturated rings. The SMILES string of the molecule is c1cc(-c2cc3oc4cc(-c5cccc6nccnc56)sc4c3s2)c2nccnc2c1. The molecule has 7 aromatic rings. The Bertz CT molecular complexity index is 1620. The molecule has 0 radical (unpaired) electrons. The number of rotatable bonds is 2. The molecular weight excluding hydrogens is 424 g/mol. The van der Waals surface area contributed by atoms with Crippen LogP contribution in [-0.4, -0.2) is 19.9 Å². The maximum atomic E-state index is 6.23. The van der Waals surface area contributed by atoms with Gasteiger partial charge < -0.3 is 4.42 Å². The van der Waals surface area contributed by atoms with Crippen molar-refractivity contribution >= 4 is 65.3 Å². The highest BCUT2D eigenvalue weighted by Gasteiger charge is 2.18. The van der Waals surface area contributed by atoms with Crippen molar-refractivity contribution in [3.05, 3.63) is 73.3 Å². The fourth-order valence-corrected chi connectivity index (χ4v) is 6.34. The molecule has 0 aliphatic carbocycles. The summed E-state index contributed by atoms with van der Waals surface area (Å²) in [6.45, 7) is 0. The fourth-order valence-electron chi connectivity index (χ4n) is 3.98. The van der Waals surface area contributed by atoms with E-state index >= 15 is 0 Å². The molecule has 5 nitrogen and oxygen atoms in total.